The topological polar surface area (TPSA) is 30.5 Å². The first-order valence-electron chi connectivity index (χ1n) is 6.01. The van der Waals surface area contributed by atoms with Gasteiger partial charge in [-0.25, -0.2) is 8.78 Å². The van der Waals surface area contributed by atoms with Crippen LogP contribution in [0.1, 0.15) is 5.56 Å². The molecule has 0 unspecified atom stereocenters. The van der Waals surface area contributed by atoms with E-state index in [9.17, 15) is 8.78 Å². The summed E-state index contributed by atoms with van der Waals surface area (Å²) in [5.41, 5.74) is 1.08. The van der Waals surface area contributed by atoms with Crippen LogP contribution in [0.4, 0.5) is 14.5 Å². The summed E-state index contributed by atoms with van der Waals surface area (Å²) in [4.78, 5) is 0. The van der Waals surface area contributed by atoms with Gasteiger partial charge in [-0.1, -0.05) is 15.9 Å². The predicted octanol–water partition coefficient (Wildman–Crippen LogP) is 4.83. The highest BCUT2D eigenvalue weighted by Gasteiger charge is 2.17. The van der Waals surface area contributed by atoms with Crippen LogP contribution < -0.4 is 14.8 Å². The molecule has 7 heteroatoms. The van der Waals surface area contributed by atoms with Gasteiger partial charge < -0.3 is 14.8 Å². The van der Waals surface area contributed by atoms with Crippen LogP contribution in [0, 0.1) is 11.6 Å². The lowest BCUT2D eigenvalue weighted by atomic mass is 10.2. The van der Waals surface area contributed by atoms with Gasteiger partial charge in [-0.3, -0.25) is 0 Å². The molecule has 110 valence electrons. The third kappa shape index (κ3) is 2.98. The summed E-state index contributed by atoms with van der Waals surface area (Å²) in [6.45, 7) is 0.537. The van der Waals surface area contributed by atoms with Crippen LogP contribution in [0.2, 0.25) is 0 Å². The van der Waals surface area contributed by atoms with Gasteiger partial charge >= 0.3 is 0 Å². The second-order valence-corrected chi connectivity index (χ2v) is 6.10. The normalized spacial score (nSPS) is 12.6. The monoisotopic (exact) mass is 419 g/mol. The summed E-state index contributed by atoms with van der Waals surface area (Å²) in [6.07, 6.45) is 0. The lowest BCUT2D eigenvalue weighted by Gasteiger charge is -2.12. The minimum atomic E-state index is -0.654. The Morgan fingerprint density at radius 2 is 1.71 bits per heavy atom. The van der Waals surface area contributed by atoms with Crippen LogP contribution in [-0.2, 0) is 6.54 Å². The van der Waals surface area contributed by atoms with Crippen molar-refractivity contribution in [3.63, 3.8) is 0 Å². The quantitative estimate of drug-likeness (QED) is 0.771. The van der Waals surface area contributed by atoms with Gasteiger partial charge in [-0.2, -0.15) is 0 Å². The minimum Gasteiger partial charge on any atom is -0.454 e. The van der Waals surface area contributed by atoms with Gasteiger partial charge in [0.05, 0.1) is 5.69 Å². The molecule has 1 aliphatic rings. The largest absolute Gasteiger partial charge is 0.454 e. The molecule has 0 fully saturated rings. The van der Waals surface area contributed by atoms with E-state index >= 15 is 0 Å². The molecule has 0 aliphatic carbocycles. The third-order valence-electron chi connectivity index (χ3n) is 3.00. The molecular formula is C14H9Br2F2NO2. The third-order valence-corrected chi connectivity index (χ3v) is 4.37. The number of ether oxygens (including phenoxy) is 2. The molecule has 0 bridgehead atoms. The molecule has 0 atom stereocenters. The number of hydrogen-bond acceptors (Lipinski definition) is 3. The van der Waals surface area contributed by atoms with E-state index in [0.29, 0.717) is 22.5 Å². The van der Waals surface area contributed by atoms with E-state index in [1.54, 1.807) is 6.07 Å². The maximum absolute atomic E-state index is 13.7. The van der Waals surface area contributed by atoms with Crippen LogP contribution in [0.5, 0.6) is 11.5 Å². The Bertz CT molecular complexity index is 687. The van der Waals surface area contributed by atoms with Crippen LogP contribution in [0.3, 0.4) is 0 Å². The molecule has 0 saturated carbocycles. The highest BCUT2D eigenvalue weighted by atomic mass is 79.9. The molecule has 0 amide bonds. The molecule has 0 radical (unpaired) electrons. The molecule has 3 nitrogen and oxygen atoms in total. The SMILES string of the molecule is Fc1cc(F)c(NCc2cc3c(cc2Br)OCO3)c(Br)c1. The molecule has 2 aromatic carbocycles. The summed E-state index contributed by atoms with van der Waals surface area (Å²) in [6, 6.07) is 5.66. The van der Waals surface area contributed by atoms with Crippen molar-refractivity contribution in [3.05, 3.63) is 50.4 Å². The molecule has 3 rings (SSSR count). The summed E-state index contributed by atoms with van der Waals surface area (Å²) in [7, 11) is 0. The number of hydrogen-bond donors (Lipinski definition) is 1. The van der Waals surface area contributed by atoms with E-state index in [-0.39, 0.29) is 12.5 Å². The number of rotatable bonds is 3. The standard InChI is InChI=1S/C14H9Br2F2NO2/c15-9-4-13-12(20-6-21-13)1-7(9)5-19-14-10(16)2-8(17)3-11(14)18/h1-4,19H,5-6H2. The van der Waals surface area contributed by atoms with Crippen molar-refractivity contribution in [1.29, 1.82) is 0 Å². The summed E-state index contributed by atoms with van der Waals surface area (Å²) in [5.74, 6) is 0.0290. The van der Waals surface area contributed by atoms with E-state index in [0.717, 1.165) is 16.1 Å². The first-order valence-corrected chi connectivity index (χ1v) is 7.59. The van der Waals surface area contributed by atoms with Gasteiger partial charge in [0.1, 0.15) is 11.6 Å². The van der Waals surface area contributed by atoms with Crippen molar-refractivity contribution < 1.29 is 18.3 Å². The van der Waals surface area contributed by atoms with Crippen LogP contribution >= 0.6 is 31.9 Å². The minimum absolute atomic E-state index is 0.191. The van der Waals surface area contributed by atoms with Crippen LogP contribution in [-0.4, -0.2) is 6.79 Å². The first-order chi connectivity index (χ1) is 10.0. The average Bonchev–Trinajstić information content (AvgIpc) is 2.84. The molecule has 0 aromatic heterocycles. The maximum atomic E-state index is 13.7. The molecule has 21 heavy (non-hydrogen) atoms. The Balaban J connectivity index is 1.83. The van der Waals surface area contributed by atoms with Crippen LogP contribution in [0.25, 0.3) is 0 Å². The van der Waals surface area contributed by atoms with Crippen molar-refractivity contribution in [2.75, 3.05) is 12.1 Å². The average molecular weight is 421 g/mol. The van der Waals surface area contributed by atoms with Gasteiger partial charge in [-0.15, -0.1) is 0 Å². The van der Waals surface area contributed by atoms with E-state index in [4.69, 9.17) is 9.47 Å². The Labute approximate surface area is 136 Å². The Morgan fingerprint density at radius 1 is 1.00 bits per heavy atom. The lowest BCUT2D eigenvalue weighted by Crippen LogP contribution is -2.03. The zero-order valence-corrected chi connectivity index (χ0v) is 13.7. The molecule has 0 saturated heterocycles. The molecule has 1 N–H and O–H groups in total. The van der Waals surface area contributed by atoms with Crippen LogP contribution in [0.15, 0.2) is 33.2 Å². The Morgan fingerprint density at radius 3 is 2.43 bits per heavy atom. The van der Waals surface area contributed by atoms with Crippen molar-refractivity contribution in [2.24, 2.45) is 0 Å². The molecule has 0 spiro atoms. The van der Waals surface area contributed by atoms with Crippen molar-refractivity contribution >= 4 is 37.5 Å². The highest BCUT2D eigenvalue weighted by molar-refractivity contribution is 9.11. The first kappa shape index (κ1) is 14.6. The fourth-order valence-corrected chi connectivity index (χ4v) is 3.00. The van der Waals surface area contributed by atoms with Gasteiger partial charge in [0.15, 0.2) is 11.5 Å². The fraction of sp³-hybridized carbons (Fsp3) is 0.143. The maximum Gasteiger partial charge on any atom is 0.231 e. The smallest absolute Gasteiger partial charge is 0.231 e. The number of halogens is 4. The summed E-state index contributed by atoms with van der Waals surface area (Å²) in [5, 5.41) is 2.94. The number of anilines is 1. The summed E-state index contributed by atoms with van der Waals surface area (Å²) >= 11 is 6.57. The fourth-order valence-electron chi connectivity index (χ4n) is 1.99. The van der Waals surface area contributed by atoms with E-state index in [2.05, 4.69) is 37.2 Å². The Kier molecular flexibility index (Phi) is 4.03. The van der Waals surface area contributed by atoms with E-state index in [1.807, 2.05) is 6.07 Å². The lowest BCUT2D eigenvalue weighted by molar-refractivity contribution is 0.174. The number of benzene rings is 2. The number of fused-ring (bicyclic) bond motifs is 1. The summed E-state index contributed by atoms with van der Waals surface area (Å²) < 4.78 is 38.5. The zero-order chi connectivity index (χ0) is 15.0. The molecular weight excluding hydrogens is 412 g/mol. The van der Waals surface area contributed by atoms with Gasteiger partial charge in [0, 0.05) is 21.6 Å². The highest BCUT2D eigenvalue weighted by Crippen LogP contribution is 2.37. The second-order valence-electron chi connectivity index (χ2n) is 4.39. The second kappa shape index (κ2) is 5.81. The molecule has 1 heterocycles. The van der Waals surface area contributed by atoms with Gasteiger partial charge in [0.2, 0.25) is 6.79 Å². The van der Waals surface area contributed by atoms with E-state index in [1.165, 1.54) is 6.07 Å². The van der Waals surface area contributed by atoms with Gasteiger partial charge in [0.25, 0.3) is 0 Å². The van der Waals surface area contributed by atoms with Crippen molar-refractivity contribution in [1.82, 2.24) is 0 Å². The van der Waals surface area contributed by atoms with E-state index < -0.39 is 11.6 Å². The van der Waals surface area contributed by atoms with Crippen molar-refractivity contribution in [3.8, 4) is 11.5 Å². The predicted molar refractivity (Wildman–Crippen MR) is 81.6 cm³/mol. The Hall–Kier alpha value is -1.34. The van der Waals surface area contributed by atoms with Gasteiger partial charge in [-0.05, 0) is 39.7 Å². The molecule has 2 aromatic rings. The van der Waals surface area contributed by atoms with Crippen molar-refractivity contribution in [2.45, 2.75) is 6.54 Å². The zero-order valence-electron chi connectivity index (χ0n) is 10.6. The molecule has 1 aliphatic heterocycles. The number of nitrogens with one attached hydrogen (secondary N) is 1.